The number of hydrogen-bond donors (Lipinski definition) is 4. The van der Waals surface area contributed by atoms with Gasteiger partial charge in [0.1, 0.15) is 0 Å². The molecule has 0 aromatic carbocycles. The molecule has 1 unspecified atom stereocenters. The topological polar surface area (TPSA) is 95.6 Å². The summed E-state index contributed by atoms with van der Waals surface area (Å²) in [5.41, 5.74) is 5.35. The molecule has 0 aliphatic heterocycles. The quantitative estimate of drug-likeness (QED) is 0.424. The summed E-state index contributed by atoms with van der Waals surface area (Å²) >= 11 is 0. The van der Waals surface area contributed by atoms with Crippen LogP contribution in [-0.2, 0) is 4.79 Å². The molecule has 0 aliphatic rings. The fraction of sp³-hybridized carbons (Fsp3) is 0.875. The Labute approximate surface area is 84.8 Å². The molecule has 1 amide bonds. The lowest BCUT2D eigenvalue weighted by molar-refractivity contribution is -0.122. The van der Waals surface area contributed by atoms with Crippen molar-refractivity contribution in [3.8, 4) is 0 Å². The zero-order chi connectivity index (χ0) is 11.3. The Morgan fingerprint density at radius 3 is 2.29 bits per heavy atom. The summed E-state index contributed by atoms with van der Waals surface area (Å²) in [5, 5.41) is 20.6. The fourth-order valence-corrected chi connectivity index (χ4v) is 1.06. The maximum absolute atomic E-state index is 11.2. The second-order valence-electron chi connectivity index (χ2n) is 3.62. The van der Waals surface area contributed by atoms with Gasteiger partial charge < -0.3 is 21.1 Å². The Kier molecular flexibility index (Phi) is 5.75. The van der Waals surface area contributed by atoms with Crippen molar-refractivity contribution in [2.75, 3.05) is 0 Å². The first-order valence-corrected chi connectivity index (χ1v) is 4.82. The summed E-state index contributed by atoms with van der Waals surface area (Å²) in [6.07, 6.45) is 0.752. The lowest BCUT2D eigenvalue weighted by Gasteiger charge is -2.24. The Balaban J connectivity index is 4.30. The smallest absolute Gasteiger partial charge is 0.426 e. The largest absolute Gasteiger partial charge is 0.475 e. The van der Waals surface area contributed by atoms with Gasteiger partial charge in [0.15, 0.2) is 0 Å². The number of hydrogen-bond acceptors (Lipinski definition) is 4. The molecule has 0 aromatic rings. The normalized spacial score (nSPS) is 17.0. The van der Waals surface area contributed by atoms with E-state index in [0.29, 0.717) is 0 Å². The third-order valence-corrected chi connectivity index (χ3v) is 2.30. The number of amides is 1. The number of nitrogens with one attached hydrogen (secondary N) is 1. The molecule has 0 aliphatic carbocycles. The van der Waals surface area contributed by atoms with Crippen LogP contribution in [0.15, 0.2) is 0 Å². The van der Waals surface area contributed by atoms with Crippen molar-refractivity contribution in [3.63, 3.8) is 0 Å². The first-order chi connectivity index (χ1) is 6.40. The van der Waals surface area contributed by atoms with Crippen LogP contribution in [-0.4, -0.2) is 35.1 Å². The van der Waals surface area contributed by atoms with E-state index in [0.717, 1.165) is 6.42 Å². The highest BCUT2D eigenvalue weighted by atomic mass is 16.4. The van der Waals surface area contributed by atoms with E-state index in [-0.39, 0.29) is 11.8 Å². The number of rotatable bonds is 5. The van der Waals surface area contributed by atoms with Crippen molar-refractivity contribution in [3.05, 3.63) is 0 Å². The molecule has 5 nitrogen and oxygen atoms in total. The van der Waals surface area contributed by atoms with Crippen molar-refractivity contribution in [2.45, 2.75) is 39.2 Å². The van der Waals surface area contributed by atoms with E-state index in [2.05, 4.69) is 5.32 Å². The van der Waals surface area contributed by atoms with Crippen LogP contribution < -0.4 is 11.1 Å². The van der Waals surface area contributed by atoms with Gasteiger partial charge in [-0.3, -0.25) is 4.79 Å². The SMILES string of the molecule is CC[C@H](C)[C@H](NC(=O)C(C)N)B(O)O. The third kappa shape index (κ3) is 4.08. The van der Waals surface area contributed by atoms with Crippen LogP contribution >= 0.6 is 0 Å². The van der Waals surface area contributed by atoms with E-state index in [1.807, 2.05) is 13.8 Å². The second-order valence-corrected chi connectivity index (χ2v) is 3.62. The molecule has 0 saturated carbocycles. The van der Waals surface area contributed by atoms with Gasteiger partial charge in [-0.15, -0.1) is 0 Å². The predicted octanol–water partition coefficient (Wildman–Crippen LogP) is -1.12. The van der Waals surface area contributed by atoms with Crippen molar-refractivity contribution >= 4 is 13.0 Å². The average Bonchev–Trinajstić information content (AvgIpc) is 2.11. The van der Waals surface area contributed by atoms with Gasteiger partial charge in [0.2, 0.25) is 5.91 Å². The van der Waals surface area contributed by atoms with Gasteiger partial charge in [0.05, 0.1) is 12.0 Å². The Bertz CT molecular complexity index is 187. The number of carbonyl (C=O) groups excluding carboxylic acids is 1. The van der Waals surface area contributed by atoms with Gasteiger partial charge in [-0.1, -0.05) is 20.3 Å². The molecule has 0 bridgehead atoms. The monoisotopic (exact) mass is 202 g/mol. The minimum atomic E-state index is -1.55. The minimum absolute atomic E-state index is 0.00213. The molecular weight excluding hydrogens is 183 g/mol. The van der Waals surface area contributed by atoms with Crippen LogP contribution in [0.1, 0.15) is 27.2 Å². The van der Waals surface area contributed by atoms with Gasteiger partial charge in [0.25, 0.3) is 0 Å². The molecule has 82 valence electrons. The summed E-state index contributed by atoms with van der Waals surface area (Å²) in [4.78, 5) is 11.2. The Morgan fingerprint density at radius 1 is 1.50 bits per heavy atom. The molecule has 14 heavy (non-hydrogen) atoms. The molecule has 0 fully saturated rings. The van der Waals surface area contributed by atoms with Gasteiger partial charge in [0, 0.05) is 0 Å². The molecule has 3 atom stereocenters. The van der Waals surface area contributed by atoms with Crippen molar-refractivity contribution < 1.29 is 14.8 Å². The first-order valence-electron chi connectivity index (χ1n) is 4.82. The van der Waals surface area contributed by atoms with E-state index in [4.69, 9.17) is 15.8 Å². The number of carbonyl (C=O) groups is 1. The standard InChI is InChI=1S/C8H19BN2O3/c1-4-5(2)7(9(13)14)11-8(12)6(3)10/h5-7,13-14H,4,10H2,1-3H3,(H,11,12)/t5-,6?,7-/m0/s1. The van der Waals surface area contributed by atoms with Crippen LogP contribution in [0.25, 0.3) is 0 Å². The molecule has 0 spiro atoms. The van der Waals surface area contributed by atoms with E-state index < -0.39 is 19.1 Å². The van der Waals surface area contributed by atoms with Gasteiger partial charge in [-0.05, 0) is 12.8 Å². The summed E-state index contributed by atoms with van der Waals surface area (Å²) < 4.78 is 0. The molecule has 5 N–H and O–H groups in total. The predicted molar refractivity (Wildman–Crippen MR) is 55.2 cm³/mol. The lowest BCUT2D eigenvalue weighted by atomic mass is 9.71. The van der Waals surface area contributed by atoms with Crippen LogP contribution in [0.4, 0.5) is 0 Å². The average molecular weight is 202 g/mol. The highest BCUT2D eigenvalue weighted by Crippen LogP contribution is 2.08. The van der Waals surface area contributed by atoms with Gasteiger partial charge in [-0.2, -0.15) is 0 Å². The molecule has 0 saturated heterocycles. The Morgan fingerprint density at radius 2 is 2.00 bits per heavy atom. The van der Waals surface area contributed by atoms with E-state index in [1.54, 1.807) is 6.92 Å². The molecule has 0 aromatic heterocycles. The summed E-state index contributed by atoms with van der Waals surface area (Å²) in [6.45, 7) is 5.30. The zero-order valence-electron chi connectivity index (χ0n) is 8.90. The van der Waals surface area contributed by atoms with Crippen molar-refractivity contribution in [2.24, 2.45) is 11.7 Å². The van der Waals surface area contributed by atoms with E-state index in [9.17, 15) is 4.79 Å². The van der Waals surface area contributed by atoms with Crippen LogP contribution in [0.3, 0.4) is 0 Å². The van der Waals surface area contributed by atoms with Crippen LogP contribution in [0, 0.1) is 5.92 Å². The molecule has 0 heterocycles. The molecule has 0 rings (SSSR count). The lowest BCUT2D eigenvalue weighted by Crippen LogP contribution is -2.53. The highest BCUT2D eigenvalue weighted by Gasteiger charge is 2.30. The molecular formula is C8H19BN2O3. The van der Waals surface area contributed by atoms with Crippen LogP contribution in [0.2, 0.25) is 0 Å². The third-order valence-electron chi connectivity index (χ3n) is 2.30. The van der Waals surface area contributed by atoms with Crippen molar-refractivity contribution in [1.29, 1.82) is 0 Å². The highest BCUT2D eigenvalue weighted by molar-refractivity contribution is 6.43. The van der Waals surface area contributed by atoms with Gasteiger partial charge in [-0.25, -0.2) is 0 Å². The van der Waals surface area contributed by atoms with E-state index in [1.165, 1.54) is 0 Å². The molecule has 0 radical (unpaired) electrons. The Hall–Kier alpha value is -0.585. The summed E-state index contributed by atoms with van der Waals surface area (Å²) in [7, 11) is -1.55. The zero-order valence-corrected chi connectivity index (χ0v) is 8.90. The van der Waals surface area contributed by atoms with Gasteiger partial charge >= 0.3 is 7.12 Å². The molecule has 6 heteroatoms. The fourth-order valence-electron chi connectivity index (χ4n) is 1.06. The number of nitrogens with two attached hydrogens (primary N) is 1. The maximum atomic E-state index is 11.2. The summed E-state index contributed by atoms with van der Waals surface area (Å²) in [6, 6.07) is -0.639. The van der Waals surface area contributed by atoms with Crippen LogP contribution in [0.5, 0.6) is 0 Å². The second kappa shape index (κ2) is 6.00. The van der Waals surface area contributed by atoms with Crippen molar-refractivity contribution in [1.82, 2.24) is 5.32 Å². The maximum Gasteiger partial charge on any atom is 0.475 e. The van der Waals surface area contributed by atoms with E-state index >= 15 is 0 Å². The summed E-state index contributed by atoms with van der Waals surface area (Å²) in [5.74, 6) is -1.03. The first kappa shape index (κ1) is 13.4. The minimum Gasteiger partial charge on any atom is -0.426 e.